The smallest absolute Gasteiger partial charge is 0.268 e. The summed E-state index contributed by atoms with van der Waals surface area (Å²) in [5, 5.41) is 9.00. The molecule has 0 radical (unpaired) electrons. The number of amides is 1. The number of carbonyl (C=O) groups is 1. The summed E-state index contributed by atoms with van der Waals surface area (Å²) < 4.78 is 25.8. The zero-order valence-electron chi connectivity index (χ0n) is 9.44. The summed E-state index contributed by atoms with van der Waals surface area (Å²) in [6.45, 7) is -0.184. The first-order chi connectivity index (χ1) is 8.66. The molecule has 0 aliphatic carbocycles. The molecule has 18 heavy (non-hydrogen) atoms. The van der Waals surface area contributed by atoms with E-state index in [2.05, 4.69) is 15.5 Å². The Balaban J connectivity index is 1.98. The molecule has 0 saturated heterocycles. The van der Waals surface area contributed by atoms with Gasteiger partial charge in [-0.05, 0) is 12.1 Å². The number of rotatable bonds is 5. The second-order valence-corrected chi connectivity index (χ2v) is 3.73. The van der Waals surface area contributed by atoms with Crippen molar-refractivity contribution >= 4 is 5.91 Å². The molecule has 0 spiro atoms. The minimum absolute atomic E-state index is 0.221. The molecule has 1 amide bonds. The monoisotopic (exact) mass is 254 g/mol. The van der Waals surface area contributed by atoms with E-state index in [9.17, 15) is 13.6 Å². The molecule has 0 aromatic carbocycles. The van der Waals surface area contributed by atoms with Gasteiger partial charge in [0.05, 0.1) is 12.7 Å². The van der Waals surface area contributed by atoms with Crippen LogP contribution < -0.4 is 5.32 Å². The first-order valence-corrected chi connectivity index (χ1v) is 5.36. The fourth-order valence-corrected chi connectivity index (χ4v) is 1.58. The van der Waals surface area contributed by atoms with Crippen LogP contribution in [0.2, 0.25) is 0 Å². The lowest BCUT2D eigenvalue weighted by Crippen LogP contribution is -2.26. The summed E-state index contributed by atoms with van der Waals surface area (Å²) in [5.41, 5.74) is 1.04. The fraction of sp³-hybridized carbons (Fsp3) is 0.273. The molecule has 0 aliphatic heterocycles. The Morgan fingerprint density at radius 2 is 2.39 bits per heavy atom. The van der Waals surface area contributed by atoms with Crippen LogP contribution >= 0.6 is 0 Å². The average Bonchev–Trinajstić information content (AvgIpc) is 2.95. The highest BCUT2D eigenvalue weighted by Crippen LogP contribution is 2.06. The molecule has 0 atom stereocenters. The molecular weight excluding hydrogens is 242 g/mol. The number of nitrogens with zero attached hydrogens (tertiary/aromatic N) is 2. The highest BCUT2D eigenvalue weighted by molar-refractivity contribution is 5.92. The van der Waals surface area contributed by atoms with Gasteiger partial charge >= 0.3 is 0 Å². The van der Waals surface area contributed by atoms with E-state index in [1.54, 1.807) is 18.5 Å². The standard InChI is InChI=1S/C11H12F2N4O/c12-10(13)7-17-3-1-2-9(17)11(18)14-4-8-5-15-16-6-8/h1-3,5-6,10H,4,7H2,(H,14,18)(H,15,16). The Labute approximate surface area is 102 Å². The highest BCUT2D eigenvalue weighted by atomic mass is 19.3. The molecule has 7 heteroatoms. The largest absolute Gasteiger partial charge is 0.347 e. The summed E-state index contributed by atoms with van der Waals surface area (Å²) in [4.78, 5) is 11.8. The number of H-pyrrole nitrogens is 1. The van der Waals surface area contributed by atoms with Crippen molar-refractivity contribution in [3.8, 4) is 0 Å². The van der Waals surface area contributed by atoms with Crippen molar-refractivity contribution in [1.82, 2.24) is 20.1 Å². The quantitative estimate of drug-likeness (QED) is 0.847. The number of halogens is 2. The molecule has 2 rings (SSSR count). The lowest BCUT2D eigenvalue weighted by molar-refractivity contribution is 0.0928. The van der Waals surface area contributed by atoms with Crippen molar-refractivity contribution in [3.63, 3.8) is 0 Å². The van der Waals surface area contributed by atoms with Crippen LogP contribution in [-0.2, 0) is 13.1 Å². The maximum absolute atomic E-state index is 12.3. The number of aromatic amines is 1. The maximum atomic E-state index is 12.3. The van der Waals surface area contributed by atoms with Crippen LogP contribution in [0.15, 0.2) is 30.7 Å². The summed E-state index contributed by atoms with van der Waals surface area (Å²) in [7, 11) is 0. The van der Waals surface area contributed by atoms with Gasteiger partial charge < -0.3 is 9.88 Å². The van der Waals surface area contributed by atoms with Gasteiger partial charge in [-0.25, -0.2) is 8.78 Å². The van der Waals surface area contributed by atoms with Crippen LogP contribution in [0.4, 0.5) is 8.78 Å². The van der Waals surface area contributed by atoms with Gasteiger partial charge in [-0.1, -0.05) is 0 Å². The minimum Gasteiger partial charge on any atom is -0.347 e. The van der Waals surface area contributed by atoms with Crippen molar-refractivity contribution in [1.29, 1.82) is 0 Å². The third kappa shape index (κ3) is 2.93. The number of hydrogen-bond donors (Lipinski definition) is 2. The van der Waals surface area contributed by atoms with E-state index in [4.69, 9.17) is 0 Å². The topological polar surface area (TPSA) is 62.7 Å². The Bertz CT molecular complexity index is 507. The van der Waals surface area contributed by atoms with E-state index >= 15 is 0 Å². The first kappa shape index (κ1) is 12.3. The molecule has 2 aromatic heterocycles. The number of hydrogen-bond acceptors (Lipinski definition) is 2. The lowest BCUT2D eigenvalue weighted by Gasteiger charge is -2.08. The number of aromatic nitrogens is 3. The molecule has 0 saturated carbocycles. The zero-order chi connectivity index (χ0) is 13.0. The second kappa shape index (κ2) is 5.44. The Morgan fingerprint density at radius 3 is 3.06 bits per heavy atom. The SMILES string of the molecule is O=C(NCc1cn[nH]c1)c1cccn1CC(F)F. The van der Waals surface area contributed by atoms with E-state index in [1.165, 1.54) is 16.8 Å². The highest BCUT2D eigenvalue weighted by Gasteiger charge is 2.13. The van der Waals surface area contributed by atoms with Crippen LogP contribution in [0.25, 0.3) is 0 Å². The van der Waals surface area contributed by atoms with Gasteiger partial charge in [0.1, 0.15) is 5.69 Å². The van der Waals surface area contributed by atoms with Gasteiger partial charge in [0.25, 0.3) is 12.3 Å². The molecular formula is C11H12F2N4O. The maximum Gasteiger partial charge on any atom is 0.268 e. The molecule has 2 aromatic rings. The molecule has 0 unspecified atom stereocenters. The molecule has 2 heterocycles. The summed E-state index contributed by atoms with van der Waals surface area (Å²) in [5.74, 6) is -0.387. The van der Waals surface area contributed by atoms with Gasteiger partial charge in [-0.15, -0.1) is 0 Å². The van der Waals surface area contributed by atoms with Gasteiger partial charge in [-0.2, -0.15) is 5.10 Å². The number of carbonyl (C=O) groups excluding carboxylic acids is 1. The van der Waals surface area contributed by atoms with E-state index in [1.807, 2.05) is 0 Å². The molecule has 0 aliphatic rings. The predicted molar refractivity (Wildman–Crippen MR) is 60.2 cm³/mol. The normalized spacial score (nSPS) is 10.8. The van der Waals surface area contributed by atoms with E-state index in [0.29, 0.717) is 6.54 Å². The van der Waals surface area contributed by atoms with Crippen LogP contribution in [-0.4, -0.2) is 27.1 Å². The fourth-order valence-electron chi connectivity index (χ4n) is 1.58. The molecule has 2 N–H and O–H groups in total. The Hall–Kier alpha value is -2.18. The average molecular weight is 254 g/mol. The van der Waals surface area contributed by atoms with Gasteiger partial charge in [0, 0.05) is 24.5 Å². The van der Waals surface area contributed by atoms with Gasteiger partial charge in [0.15, 0.2) is 0 Å². The third-order valence-corrected chi connectivity index (χ3v) is 2.40. The Morgan fingerprint density at radius 1 is 1.56 bits per heavy atom. The second-order valence-electron chi connectivity index (χ2n) is 3.73. The third-order valence-electron chi connectivity index (χ3n) is 2.40. The summed E-state index contributed by atoms with van der Waals surface area (Å²) in [6, 6.07) is 3.07. The molecule has 5 nitrogen and oxygen atoms in total. The molecule has 96 valence electrons. The van der Waals surface area contributed by atoms with Crippen molar-refractivity contribution in [2.45, 2.75) is 19.5 Å². The summed E-state index contributed by atoms with van der Waals surface area (Å²) >= 11 is 0. The summed E-state index contributed by atoms with van der Waals surface area (Å²) in [6.07, 6.45) is 2.20. The van der Waals surface area contributed by atoms with Crippen molar-refractivity contribution in [2.75, 3.05) is 0 Å². The minimum atomic E-state index is -2.49. The number of nitrogens with one attached hydrogen (secondary N) is 2. The molecule has 0 bridgehead atoms. The van der Waals surface area contributed by atoms with Crippen LogP contribution in [0.1, 0.15) is 16.1 Å². The lowest BCUT2D eigenvalue weighted by atomic mass is 10.3. The van der Waals surface area contributed by atoms with E-state index in [0.717, 1.165) is 5.56 Å². The van der Waals surface area contributed by atoms with E-state index < -0.39 is 13.0 Å². The van der Waals surface area contributed by atoms with Gasteiger partial charge in [-0.3, -0.25) is 9.89 Å². The van der Waals surface area contributed by atoms with Crippen LogP contribution in [0.3, 0.4) is 0 Å². The van der Waals surface area contributed by atoms with E-state index in [-0.39, 0.29) is 11.6 Å². The number of alkyl halides is 2. The first-order valence-electron chi connectivity index (χ1n) is 5.36. The zero-order valence-corrected chi connectivity index (χ0v) is 9.44. The Kier molecular flexibility index (Phi) is 3.71. The van der Waals surface area contributed by atoms with Crippen molar-refractivity contribution in [3.05, 3.63) is 42.0 Å². The van der Waals surface area contributed by atoms with Gasteiger partial charge in [0.2, 0.25) is 0 Å². The van der Waals surface area contributed by atoms with Crippen LogP contribution in [0, 0.1) is 0 Å². The van der Waals surface area contributed by atoms with Crippen molar-refractivity contribution < 1.29 is 13.6 Å². The predicted octanol–water partition coefficient (Wildman–Crippen LogP) is 1.41. The van der Waals surface area contributed by atoms with Crippen LogP contribution in [0.5, 0.6) is 0 Å². The molecule has 0 fully saturated rings. The van der Waals surface area contributed by atoms with Crippen molar-refractivity contribution in [2.24, 2.45) is 0 Å².